The molecular weight excluding hydrogens is 371 g/mol. The van der Waals surface area contributed by atoms with Gasteiger partial charge in [-0.25, -0.2) is 4.39 Å². The van der Waals surface area contributed by atoms with Crippen molar-refractivity contribution < 1.29 is 9.18 Å². The number of benzene rings is 1. The van der Waals surface area contributed by atoms with E-state index in [1.807, 2.05) is 0 Å². The highest BCUT2D eigenvalue weighted by molar-refractivity contribution is 9.15. The first-order valence-corrected chi connectivity index (χ1v) is 6.62. The maximum Gasteiger partial charge on any atom is 0.200 e. The van der Waals surface area contributed by atoms with E-state index in [0.717, 1.165) is 0 Å². The molecule has 1 aromatic rings. The van der Waals surface area contributed by atoms with Gasteiger partial charge in [-0.3, -0.25) is 4.79 Å². The summed E-state index contributed by atoms with van der Waals surface area (Å²) in [5, 5.41) is 0. The van der Waals surface area contributed by atoms with Gasteiger partial charge in [0.15, 0.2) is 5.78 Å². The second-order valence-corrected chi connectivity index (χ2v) is 5.56. The van der Waals surface area contributed by atoms with Gasteiger partial charge in [0.2, 0.25) is 0 Å². The molecule has 0 aromatic heterocycles. The van der Waals surface area contributed by atoms with Crippen molar-refractivity contribution in [1.29, 1.82) is 0 Å². The Morgan fingerprint density at radius 1 is 1.41 bits per heavy atom. The molecule has 90 valence electrons. The molecule has 1 nitrogen and oxygen atoms in total. The van der Waals surface area contributed by atoms with E-state index in [4.69, 9.17) is 0 Å². The van der Waals surface area contributed by atoms with E-state index in [1.165, 1.54) is 18.2 Å². The zero-order valence-electron chi connectivity index (χ0n) is 8.93. The highest BCUT2D eigenvalue weighted by Crippen LogP contribution is 2.29. The summed E-state index contributed by atoms with van der Waals surface area (Å²) in [6.45, 7) is 5.24. The van der Waals surface area contributed by atoms with Gasteiger partial charge in [0.1, 0.15) is 5.82 Å². The lowest BCUT2D eigenvalue weighted by Gasteiger charge is -2.05. The van der Waals surface area contributed by atoms with Crippen LogP contribution in [0.4, 0.5) is 4.39 Å². The second-order valence-electron chi connectivity index (χ2n) is 3.36. The lowest BCUT2D eigenvalue weighted by molar-refractivity contribution is 0.104. The number of carbonyl (C=O) groups excluding carboxylic acids is 1. The van der Waals surface area contributed by atoms with Crippen molar-refractivity contribution in [2.45, 2.75) is 6.92 Å². The Morgan fingerprint density at radius 3 is 2.47 bits per heavy atom. The number of rotatable bonds is 3. The molecule has 0 amide bonds. The van der Waals surface area contributed by atoms with Crippen LogP contribution >= 0.6 is 44.5 Å². The predicted octanol–water partition coefficient (Wildman–Crippen LogP) is 4.76. The Hall–Kier alpha value is -0.390. The van der Waals surface area contributed by atoms with E-state index < -0.39 is 0 Å². The van der Waals surface area contributed by atoms with Gasteiger partial charge in [0.05, 0.1) is 4.91 Å². The number of Topliss-reactive ketones (excluding diaryl/α,β-unsaturated/α-hetero) is 1. The van der Waals surface area contributed by atoms with Gasteiger partial charge < -0.3 is 0 Å². The van der Waals surface area contributed by atoms with Crippen molar-refractivity contribution in [1.82, 2.24) is 0 Å². The number of carbonyl (C=O) groups is 1. The first-order chi connectivity index (χ1) is 7.84. The number of aryl methyl sites for hydroxylation is 1. The highest BCUT2D eigenvalue weighted by Gasteiger charge is 2.14. The van der Waals surface area contributed by atoms with E-state index in [9.17, 15) is 9.18 Å². The molecule has 0 spiro atoms. The van der Waals surface area contributed by atoms with Crippen LogP contribution in [0.3, 0.4) is 0 Å². The summed E-state index contributed by atoms with van der Waals surface area (Å²) in [6.07, 6.45) is 0. The summed E-state index contributed by atoms with van der Waals surface area (Å²) >= 11 is 10.5. The molecule has 0 aliphatic heterocycles. The molecule has 0 N–H and O–H groups in total. The molecule has 0 saturated heterocycles. The second kappa shape index (κ2) is 5.98. The minimum absolute atomic E-state index is 0.220. The molecule has 0 aliphatic rings. The maximum atomic E-state index is 13.1. The fourth-order valence-corrected chi connectivity index (χ4v) is 1.95. The Kier molecular flexibility index (Phi) is 5.16. The molecule has 5 heteroatoms. The number of hydrogen-bond donors (Lipinski definition) is 1. The average Bonchev–Trinajstić information content (AvgIpc) is 2.29. The fraction of sp³-hybridized carbons (Fsp3) is 0.0833. The van der Waals surface area contributed by atoms with E-state index in [2.05, 4.69) is 51.1 Å². The van der Waals surface area contributed by atoms with E-state index in [-0.39, 0.29) is 16.5 Å². The van der Waals surface area contributed by atoms with Crippen molar-refractivity contribution in [2.75, 3.05) is 0 Å². The molecule has 0 aliphatic carbocycles. The first kappa shape index (κ1) is 14.7. The molecule has 0 bridgehead atoms. The third-order valence-corrected chi connectivity index (χ3v) is 4.62. The smallest absolute Gasteiger partial charge is 0.200 e. The SMILES string of the molecule is C=C(Br)/C(Br)=C(\S)C(=O)c1ccc(F)c(C)c1. The maximum absolute atomic E-state index is 13.1. The van der Waals surface area contributed by atoms with E-state index >= 15 is 0 Å². The van der Waals surface area contributed by atoms with Gasteiger partial charge in [-0.05, 0) is 46.6 Å². The van der Waals surface area contributed by atoms with Crippen molar-refractivity contribution in [3.63, 3.8) is 0 Å². The minimum atomic E-state index is -0.338. The predicted molar refractivity (Wildman–Crippen MR) is 78.5 cm³/mol. The van der Waals surface area contributed by atoms with Crippen LogP contribution in [0.15, 0.2) is 38.6 Å². The molecule has 0 saturated carbocycles. The third-order valence-electron chi connectivity index (χ3n) is 2.08. The van der Waals surface area contributed by atoms with Crippen LogP contribution in [0, 0.1) is 12.7 Å². The Morgan fingerprint density at radius 2 is 2.00 bits per heavy atom. The Balaban J connectivity index is 3.18. The molecule has 0 atom stereocenters. The number of thiol groups is 1. The number of hydrogen-bond acceptors (Lipinski definition) is 2. The van der Waals surface area contributed by atoms with Crippen molar-refractivity contribution in [3.8, 4) is 0 Å². The van der Waals surface area contributed by atoms with Crippen molar-refractivity contribution in [2.24, 2.45) is 0 Å². The topological polar surface area (TPSA) is 17.1 Å². The van der Waals surface area contributed by atoms with Crippen LogP contribution < -0.4 is 0 Å². The molecular formula is C12H9Br2FOS. The van der Waals surface area contributed by atoms with Crippen molar-refractivity contribution >= 4 is 50.3 Å². The Bertz CT molecular complexity index is 523. The summed E-state index contributed by atoms with van der Waals surface area (Å²) < 4.78 is 14.1. The number of allylic oxidation sites excluding steroid dienone is 3. The minimum Gasteiger partial charge on any atom is -0.288 e. The Labute approximate surface area is 121 Å². The quantitative estimate of drug-likeness (QED) is 0.346. The summed E-state index contributed by atoms with van der Waals surface area (Å²) in [7, 11) is 0. The van der Waals surface area contributed by atoms with Gasteiger partial charge in [0.25, 0.3) is 0 Å². The molecule has 0 fully saturated rings. The molecule has 0 unspecified atom stereocenters. The molecule has 0 heterocycles. The molecule has 1 rings (SSSR count). The van der Waals surface area contributed by atoms with Crippen LogP contribution in [-0.2, 0) is 0 Å². The normalized spacial score (nSPS) is 12.1. The molecule has 17 heavy (non-hydrogen) atoms. The fourth-order valence-electron chi connectivity index (χ4n) is 1.15. The lowest BCUT2D eigenvalue weighted by Crippen LogP contribution is -2.01. The van der Waals surface area contributed by atoms with Crippen molar-refractivity contribution in [3.05, 3.63) is 55.6 Å². The summed E-state index contributed by atoms with van der Waals surface area (Å²) in [5.41, 5.74) is 0.811. The summed E-state index contributed by atoms with van der Waals surface area (Å²) in [4.78, 5) is 12.2. The zero-order chi connectivity index (χ0) is 13.2. The zero-order valence-corrected chi connectivity index (χ0v) is 13.0. The molecule has 0 radical (unpaired) electrons. The summed E-state index contributed by atoms with van der Waals surface area (Å²) in [6, 6.07) is 4.18. The standard InChI is InChI=1S/C12H9Br2FOS/c1-6-5-8(3-4-9(6)15)11(16)12(17)10(14)7(2)13/h3-5,17H,2H2,1H3/b12-10+. The van der Waals surface area contributed by atoms with Crippen LogP contribution in [0.5, 0.6) is 0 Å². The number of ketones is 1. The van der Waals surface area contributed by atoms with E-state index in [1.54, 1.807) is 6.92 Å². The van der Waals surface area contributed by atoms with Gasteiger partial charge in [-0.15, -0.1) is 12.6 Å². The first-order valence-electron chi connectivity index (χ1n) is 4.59. The summed E-state index contributed by atoms with van der Waals surface area (Å²) in [5.74, 6) is -0.626. The van der Waals surface area contributed by atoms with E-state index in [0.29, 0.717) is 20.1 Å². The molecule has 1 aromatic carbocycles. The average molecular weight is 380 g/mol. The van der Waals surface area contributed by atoms with Crippen LogP contribution in [-0.4, -0.2) is 5.78 Å². The largest absolute Gasteiger partial charge is 0.288 e. The van der Waals surface area contributed by atoms with Gasteiger partial charge in [-0.2, -0.15) is 0 Å². The van der Waals surface area contributed by atoms with Crippen LogP contribution in [0.2, 0.25) is 0 Å². The lowest BCUT2D eigenvalue weighted by atomic mass is 10.1. The number of halogens is 3. The monoisotopic (exact) mass is 378 g/mol. The van der Waals surface area contributed by atoms with Gasteiger partial charge in [0, 0.05) is 14.5 Å². The third kappa shape index (κ3) is 3.53. The van der Waals surface area contributed by atoms with Gasteiger partial charge in [-0.1, -0.05) is 22.5 Å². The van der Waals surface area contributed by atoms with Gasteiger partial charge >= 0.3 is 0 Å². The van der Waals surface area contributed by atoms with Crippen LogP contribution in [0.1, 0.15) is 15.9 Å². The van der Waals surface area contributed by atoms with Crippen LogP contribution in [0.25, 0.3) is 0 Å². The highest BCUT2D eigenvalue weighted by atomic mass is 79.9.